The molecule has 0 aromatic heterocycles. The fraction of sp³-hybridized carbons (Fsp3) is 0.571. The number of nitrogens with one attached hydrogen (secondary N) is 2. The van der Waals surface area contributed by atoms with Crippen molar-refractivity contribution in [3.8, 4) is 5.75 Å². The van der Waals surface area contributed by atoms with Crippen LogP contribution in [0.5, 0.6) is 5.75 Å². The molecule has 0 aliphatic rings. The SMILES string of the molecule is CCNCc1ccc(S(=O)(=O)NC(C)CSC)c(OC)c1. The van der Waals surface area contributed by atoms with Gasteiger partial charge in [-0.1, -0.05) is 13.0 Å². The fourth-order valence-electron chi connectivity index (χ4n) is 1.93. The molecule has 0 saturated carbocycles. The quantitative estimate of drug-likeness (QED) is 0.722. The van der Waals surface area contributed by atoms with E-state index in [0.717, 1.165) is 17.9 Å². The van der Waals surface area contributed by atoms with Gasteiger partial charge in [-0.05, 0) is 37.4 Å². The van der Waals surface area contributed by atoms with E-state index in [1.807, 2.05) is 20.1 Å². The minimum absolute atomic E-state index is 0.129. The highest BCUT2D eigenvalue weighted by Crippen LogP contribution is 2.25. The molecule has 21 heavy (non-hydrogen) atoms. The van der Waals surface area contributed by atoms with Crippen LogP contribution in [0.15, 0.2) is 23.1 Å². The van der Waals surface area contributed by atoms with Crippen molar-refractivity contribution in [1.82, 2.24) is 10.0 Å². The summed E-state index contributed by atoms with van der Waals surface area (Å²) in [5.41, 5.74) is 0.991. The second-order valence-electron chi connectivity index (χ2n) is 4.74. The first-order valence-electron chi connectivity index (χ1n) is 6.83. The Morgan fingerprint density at radius 1 is 1.38 bits per heavy atom. The number of methoxy groups -OCH3 is 1. The summed E-state index contributed by atoms with van der Waals surface area (Å²) in [6.45, 7) is 5.41. The maximum Gasteiger partial charge on any atom is 0.244 e. The van der Waals surface area contributed by atoms with E-state index >= 15 is 0 Å². The molecule has 0 saturated heterocycles. The summed E-state index contributed by atoms with van der Waals surface area (Å²) in [5.74, 6) is 1.09. The first-order chi connectivity index (χ1) is 9.94. The number of benzene rings is 1. The first kappa shape index (κ1) is 18.3. The van der Waals surface area contributed by atoms with E-state index in [1.54, 1.807) is 30.0 Å². The maximum absolute atomic E-state index is 12.4. The zero-order valence-corrected chi connectivity index (χ0v) is 14.6. The Morgan fingerprint density at radius 3 is 2.67 bits per heavy atom. The predicted octanol–water partition coefficient (Wildman–Crippen LogP) is 1.83. The van der Waals surface area contributed by atoms with E-state index in [4.69, 9.17) is 4.74 Å². The van der Waals surface area contributed by atoms with Crippen molar-refractivity contribution in [2.75, 3.05) is 25.7 Å². The molecule has 1 aromatic carbocycles. The van der Waals surface area contributed by atoms with Gasteiger partial charge in [0.25, 0.3) is 0 Å². The summed E-state index contributed by atoms with van der Waals surface area (Å²) in [6, 6.07) is 5.03. The Bertz CT molecular complexity index is 547. The van der Waals surface area contributed by atoms with Crippen LogP contribution in [0.4, 0.5) is 0 Å². The van der Waals surface area contributed by atoms with E-state index in [-0.39, 0.29) is 10.9 Å². The maximum atomic E-state index is 12.4. The molecule has 5 nitrogen and oxygen atoms in total. The van der Waals surface area contributed by atoms with Gasteiger partial charge in [0, 0.05) is 18.3 Å². The number of hydrogen-bond donors (Lipinski definition) is 2. The van der Waals surface area contributed by atoms with Gasteiger partial charge in [0.05, 0.1) is 7.11 Å². The van der Waals surface area contributed by atoms with Crippen LogP contribution < -0.4 is 14.8 Å². The van der Waals surface area contributed by atoms with Gasteiger partial charge in [0.1, 0.15) is 10.6 Å². The monoisotopic (exact) mass is 332 g/mol. The molecule has 120 valence electrons. The van der Waals surface area contributed by atoms with Crippen LogP contribution in [0.1, 0.15) is 19.4 Å². The van der Waals surface area contributed by atoms with Crippen molar-refractivity contribution >= 4 is 21.8 Å². The van der Waals surface area contributed by atoms with Crippen LogP contribution in [-0.2, 0) is 16.6 Å². The summed E-state index contributed by atoms with van der Waals surface area (Å²) in [6.07, 6.45) is 1.95. The Balaban J connectivity index is 3.00. The lowest BCUT2D eigenvalue weighted by Gasteiger charge is -2.16. The molecular formula is C14H24N2O3S2. The van der Waals surface area contributed by atoms with Crippen molar-refractivity contribution in [2.24, 2.45) is 0 Å². The summed E-state index contributed by atoms with van der Waals surface area (Å²) >= 11 is 1.60. The molecule has 0 spiro atoms. The van der Waals surface area contributed by atoms with Crippen LogP contribution >= 0.6 is 11.8 Å². The van der Waals surface area contributed by atoms with Crippen LogP contribution in [0, 0.1) is 0 Å². The molecular weight excluding hydrogens is 308 g/mol. The van der Waals surface area contributed by atoms with Gasteiger partial charge in [-0.2, -0.15) is 11.8 Å². The lowest BCUT2D eigenvalue weighted by atomic mass is 10.2. The molecule has 1 rings (SSSR count). The third kappa shape index (κ3) is 5.50. The molecule has 1 atom stereocenters. The Kier molecular flexibility index (Phi) is 7.51. The zero-order valence-electron chi connectivity index (χ0n) is 13.0. The smallest absolute Gasteiger partial charge is 0.244 e. The predicted molar refractivity (Wildman–Crippen MR) is 88.5 cm³/mol. The first-order valence-corrected chi connectivity index (χ1v) is 9.71. The van der Waals surface area contributed by atoms with Crippen LogP contribution in [-0.4, -0.2) is 40.1 Å². The highest BCUT2D eigenvalue weighted by atomic mass is 32.2. The second kappa shape index (κ2) is 8.63. The zero-order chi connectivity index (χ0) is 15.9. The lowest BCUT2D eigenvalue weighted by Crippen LogP contribution is -2.34. The summed E-state index contributed by atoms with van der Waals surface area (Å²) in [7, 11) is -2.09. The van der Waals surface area contributed by atoms with Crippen LogP contribution in [0.3, 0.4) is 0 Å². The third-order valence-electron chi connectivity index (χ3n) is 2.87. The highest BCUT2D eigenvalue weighted by Gasteiger charge is 2.21. The Labute approximate surface area is 131 Å². The summed E-state index contributed by atoms with van der Waals surface area (Å²) in [4.78, 5) is 0.179. The fourth-order valence-corrected chi connectivity index (χ4v) is 4.01. The number of thioether (sulfide) groups is 1. The molecule has 0 aliphatic heterocycles. The molecule has 0 amide bonds. The average Bonchev–Trinajstić information content (AvgIpc) is 2.44. The van der Waals surface area contributed by atoms with Gasteiger partial charge < -0.3 is 10.1 Å². The van der Waals surface area contributed by atoms with Crippen LogP contribution in [0.2, 0.25) is 0 Å². The second-order valence-corrected chi connectivity index (χ2v) is 7.34. The van der Waals surface area contributed by atoms with E-state index in [2.05, 4.69) is 10.0 Å². The average molecular weight is 332 g/mol. The molecule has 0 radical (unpaired) electrons. The van der Waals surface area contributed by atoms with Gasteiger partial charge in [0.2, 0.25) is 10.0 Å². The Hall–Kier alpha value is -0.760. The molecule has 0 fully saturated rings. The van der Waals surface area contributed by atoms with Gasteiger partial charge in [-0.3, -0.25) is 0 Å². The normalized spacial score (nSPS) is 13.1. The van der Waals surface area contributed by atoms with Crippen molar-refractivity contribution in [2.45, 2.75) is 31.3 Å². The van der Waals surface area contributed by atoms with E-state index < -0.39 is 10.0 Å². The summed E-state index contributed by atoms with van der Waals surface area (Å²) < 4.78 is 32.7. The summed E-state index contributed by atoms with van der Waals surface area (Å²) in [5, 5.41) is 3.20. The molecule has 1 aromatic rings. The number of ether oxygens (including phenoxy) is 1. The van der Waals surface area contributed by atoms with E-state index in [0.29, 0.717) is 12.3 Å². The van der Waals surface area contributed by atoms with Gasteiger partial charge in [0.15, 0.2) is 0 Å². The molecule has 0 heterocycles. The van der Waals surface area contributed by atoms with E-state index in [9.17, 15) is 8.42 Å². The van der Waals surface area contributed by atoms with Crippen LogP contribution in [0.25, 0.3) is 0 Å². The number of rotatable bonds is 9. The topological polar surface area (TPSA) is 67.4 Å². The molecule has 0 aliphatic carbocycles. The highest BCUT2D eigenvalue weighted by molar-refractivity contribution is 7.98. The number of sulfonamides is 1. The minimum atomic E-state index is -3.57. The molecule has 2 N–H and O–H groups in total. The molecule has 1 unspecified atom stereocenters. The largest absolute Gasteiger partial charge is 0.495 e. The van der Waals surface area contributed by atoms with Crippen molar-refractivity contribution in [3.63, 3.8) is 0 Å². The van der Waals surface area contributed by atoms with E-state index in [1.165, 1.54) is 7.11 Å². The standard InChI is InChI=1S/C14H24N2O3S2/c1-5-15-9-12-6-7-14(13(8-12)19-3)21(17,18)16-11(2)10-20-4/h6-8,11,15-16H,5,9-10H2,1-4H3. The lowest BCUT2D eigenvalue weighted by molar-refractivity contribution is 0.401. The molecule has 0 bridgehead atoms. The minimum Gasteiger partial charge on any atom is -0.495 e. The molecule has 7 heteroatoms. The van der Waals surface area contributed by atoms with Crippen molar-refractivity contribution in [3.05, 3.63) is 23.8 Å². The van der Waals surface area contributed by atoms with Gasteiger partial charge >= 0.3 is 0 Å². The van der Waals surface area contributed by atoms with Crippen molar-refractivity contribution < 1.29 is 13.2 Å². The van der Waals surface area contributed by atoms with Gasteiger partial charge in [-0.15, -0.1) is 0 Å². The van der Waals surface area contributed by atoms with Gasteiger partial charge in [-0.25, -0.2) is 13.1 Å². The number of hydrogen-bond acceptors (Lipinski definition) is 5. The third-order valence-corrected chi connectivity index (χ3v) is 5.33. The van der Waals surface area contributed by atoms with Crippen molar-refractivity contribution in [1.29, 1.82) is 0 Å². The Morgan fingerprint density at radius 2 is 2.10 bits per heavy atom.